The van der Waals surface area contributed by atoms with Crippen LogP contribution in [0.15, 0.2) is 54.6 Å². The van der Waals surface area contributed by atoms with E-state index >= 15 is 0 Å². The van der Waals surface area contributed by atoms with Crippen LogP contribution in [0.4, 0.5) is 0 Å². The third kappa shape index (κ3) is 4.57. The molecule has 0 saturated carbocycles. The molecule has 0 saturated heterocycles. The van der Waals surface area contributed by atoms with Crippen LogP contribution in [0, 0.1) is 0 Å². The lowest BCUT2D eigenvalue weighted by Crippen LogP contribution is -2.28. The molecule has 0 aliphatic heterocycles. The van der Waals surface area contributed by atoms with Crippen molar-refractivity contribution < 1.29 is 5.11 Å². The van der Waals surface area contributed by atoms with Crippen molar-refractivity contribution in [1.82, 2.24) is 4.90 Å². The predicted octanol–water partition coefficient (Wildman–Crippen LogP) is 4.29. The van der Waals surface area contributed by atoms with Crippen LogP contribution in [0.25, 0.3) is 0 Å². The van der Waals surface area contributed by atoms with E-state index in [1.165, 1.54) is 5.56 Å². The summed E-state index contributed by atoms with van der Waals surface area (Å²) >= 11 is 6.32. The average Bonchev–Trinajstić information content (AvgIpc) is 2.52. The van der Waals surface area contributed by atoms with Gasteiger partial charge in [0.1, 0.15) is 0 Å². The number of aliphatic hydroxyl groups excluding tert-OH is 1. The zero-order valence-electron chi connectivity index (χ0n) is 12.4. The molecule has 0 fully saturated rings. The van der Waals surface area contributed by atoms with Crippen LogP contribution in [0.2, 0.25) is 5.02 Å². The Hall–Kier alpha value is -1.35. The van der Waals surface area contributed by atoms with Crippen molar-refractivity contribution in [2.24, 2.45) is 0 Å². The van der Waals surface area contributed by atoms with E-state index in [0.717, 1.165) is 30.1 Å². The molecule has 0 radical (unpaired) electrons. The van der Waals surface area contributed by atoms with Crippen LogP contribution in [-0.4, -0.2) is 23.2 Å². The van der Waals surface area contributed by atoms with Crippen molar-refractivity contribution in [2.45, 2.75) is 25.9 Å². The van der Waals surface area contributed by atoms with Crippen molar-refractivity contribution in [1.29, 1.82) is 0 Å². The Morgan fingerprint density at radius 3 is 2.38 bits per heavy atom. The zero-order valence-corrected chi connectivity index (χ0v) is 13.1. The van der Waals surface area contributed by atoms with Gasteiger partial charge in [-0.3, -0.25) is 4.90 Å². The first kappa shape index (κ1) is 16.0. The molecular weight excluding hydrogens is 282 g/mol. The van der Waals surface area contributed by atoms with Crippen molar-refractivity contribution in [3.8, 4) is 0 Å². The molecule has 1 atom stereocenters. The first-order valence-corrected chi connectivity index (χ1v) is 7.73. The highest BCUT2D eigenvalue weighted by molar-refractivity contribution is 6.31. The number of benzene rings is 2. The quantitative estimate of drug-likeness (QED) is 0.825. The highest BCUT2D eigenvalue weighted by atomic mass is 35.5. The Morgan fingerprint density at radius 1 is 1.05 bits per heavy atom. The summed E-state index contributed by atoms with van der Waals surface area (Å²) in [6, 6.07) is 18.6. The summed E-state index contributed by atoms with van der Waals surface area (Å²) in [7, 11) is 0. The van der Waals surface area contributed by atoms with Crippen molar-refractivity contribution in [3.05, 3.63) is 70.7 Å². The molecule has 1 unspecified atom stereocenters. The topological polar surface area (TPSA) is 23.5 Å². The molecule has 2 rings (SSSR count). The average molecular weight is 304 g/mol. The normalized spacial score (nSPS) is 12.6. The standard InChI is InChI=1S/C18H22ClNO/c1-15(17-10-5-6-11-18(17)19)20(12-7-13-21)14-16-8-3-2-4-9-16/h2-6,8-11,15,21H,7,12-14H2,1H3. The second-order valence-electron chi connectivity index (χ2n) is 5.23. The van der Waals surface area contributed by atoms with Gasteiger partial charge in [-0.15, -0.1) is 0 Å². The molecule has 112 valence electrons. The molecule has 0 amide bonds. The van der Waals surface area contributed by atoms with E-state index in [1.807, 2.05) is 24.3 Å². The molecule has 2 aromatic carbocycles. The van der Waals surface area contributed by atoms with E-state index in [4.69, 9.17) is 16.7 Å². The molecule has 0 aliphatic rings. The van der Waals surface area contributed by atoms with Gasteiger partial charge in [0.2, 0.25) is 0 Å². The second kappa shape index (κ2) is 8.18. The summed E-state index contributed by atoms with van der Waals surface area (Å²) in [6.45, 7) is 4.08. The van der Waals surface area contributed by atoms with Crippen molar-refractivity contribution in [2.75, 3.05) is 13.2 Å². The lowest BCUT2D eigenvalue weighted by molar-refractivity contribution is 0.176. The maximum absolute atomic E-state index is 9.14. The maximum atomic E-state index is 9.14. The third-order valence-electron chi connectivity index (χ3n) is 3.73. The van der Waals surface area contributed by atoms with Gasteiger partial charge >= 0.3 is 0 Å². The summed E-state index contributed by atoms with van der Waals surface area (Å²) in [5.74, 6) is 0. The van der Waals surface area contributed by atoms with E-state index in [9.17, 15) is 0 Å². The highest BCUT2D eigenvalue weighted by Crippen LogP contribution is 2.28. The summed E-state index contributed by atoms with van der Waals surface area (Å²) in [6.07, 6.45) is 0.766. The van der Waals surface area contributed by atoms with E-state index < -0.39 is 0 Å². The Labute approximate surface area is 132 Å². The van der Waals surface area contributed by atoms with Gasteiger partial charge in [-0.25, -0.2) is 0 Å². The maximum Gasteiger partial charge on any atom is 0.0453 e. The summed E-state index contributed by atoms with van der Waals surface area (Å²) in [4.78, 5) is 2.35. The van der Waals surface area contributed by atoms with Crippen molar-refractivity contribution >= 4 is 11.6 Å². The molecule has 0 aromatic heterocycles. The van der Waals surface area contributed by atoms with E-state index in [2.05, 4.69) is 42.2 Å². The van der Waals surface area contributed by atoms with Crippen molar-refractivity contribution in [3.63, 3.8) is 0 Å². The summed E-state index contributed by atoms with van der Waals surface area (Å²) in [5.41, 5.74) is 2.40. The van der Waals surface area contributed by atoms with E-state index in [-0.39, 0.29) is 12.6 Å². The smallest absolute Gasteiger partial charge is 0.0453 e. The lowest BCUT2D eigenvalue weighted by Gasteiger charge is -2.30. The highest BCUT2D eigenvalue weighted by Gasteiger charge is 2.17. The van der Waals surface area contributed by atoms with E-state index in [1.54, 1.807) is 0 Å². The minimum absolute atomic E-state index is 0.209. The summed E-state index contributed by atoms with van der Waals surface area (Å²) in [5, 5.41) is 9.93. The van der Waals surface area contributed by atoms with Gasteiger partial charge < -0.3 is 5.11 Å². The number of rotatable bonds is 7. The van der Waals surface area contributed by atoms with Gasteiger partial charge in [0.25, 0.3) is 0 Å². The molecule has 3 heteroatoms. The van der Waals surface area contributed by atoms with Gasteiger partial charge in [-0.2, -0.15) is 0 Å². The largest absolute Gasteiger partial charge is 0.396 e. The predicted molar refractivity (Wildman–Crippen MR) is 88.4 cm³/mol. The van der Waals surface area contributed by atoms with Gasteiger partial charge in [0, 0.05) is 30.8 Å². The van der Waals surface area contributed by atoms with Gasteiger partial charge in [-0.1, -0.05) is 60.1 Å². The first-order valence-electron chi connectivity index (χ1n) is 7.35. The van der Waals surface area contributed by atoms with Crippen LogP contribution >= 0.6 is 11.6 Å². The Kier molecular flexibility index (Phi) is 6.24. The summed E-state index contributed by atoms with van der Waals surface area (Å²) < 4.78 is 0. The van der Waals surface area contributed by atoms with Crippen LogP contribution < -0.4 is 0 Å². The third-order valence-corrected chi connectivity index (χ3v) is 4.08. The second-order valence-corrected chi connectivity index (χ2v) is 5.64. The first-order chi connectivity index (χ1) is 10.2. The molecule has 21 heavy (non-hydrogen) atoms. The Balaban J connectivity index is 2.17. The minimum atomic E-state index is 0.209. The molecule has 2 aromatic rings. The van der Waals surface area contributed by atoms with Crippen LogP contribution in [0.3, 0.4) is 0 Å². The molecule has 0 heterocycles. The molecule has 0 aliphatic carbocycles. The molecular formula is C18H22ClNO. The minimum Gasteiger partial charge on any atom is -0.396 e. The van der Waals surface area contributed by atoms with E-state index in [0.29, 0.717) is 0 Å². The fourth-order valence-corrected chi connectivity index (χ4v) is 2.81. The monoisotopic (exact) mass is 303 g/mol. The number of halogens is 1. The Morgan fingerprint density at radius 2 is 1.71 bits per heavy atom. The molecule has 1 N–H and O–H groups in total. The van der Waals surface area contributed by atoms with Crippen LogP contribution in [-0.2, 0) is 6.54 Å². The van der Waals surface area contributed by atoms with Gasteiger partial charge in [0.15, 0.2) is 0 Å². The number of hydrogen-bond donors (Lipinski definition) is 1. The molecule has 2 nitrogen and oxygen atoms in total. The number of hydrogen-bond acceptors (Lipinski definition) is 2. The zero-order chi connectivity index (χ0) is 15.1. The van der Waals surface area contributed by atoms with Crippen LogP contribution in [0.5, 0.6) is 0 Å². The van der Waals surface area contributed by atoms with Gasteiger partial charge in [-0.05, 0) is 30.5 Å². The SMILES string of the molecule is CC(c1ccccc1Cl)N(CCCO)Cc1ccccc1. The Bertz CT molecular complexity index is 544. The molecule has 0 bridgehead atoms. The fourth-order valence-electron chi connectivity index (χ4n) is 2.51. The van der Waals surface area contributed by atoms with Gasteiger partial charge in [0.05, 0.1) is 0 Å². The molecule has 0 spiro atoms. The number of nitrogens with zero attached hydrogens (tertiary/aromatic N) is 1. The lowest BCUT2D eigenvalue weighted by atomic mass is 10.1. The fraction of sp³-hybridized carbons (Fsp3) is 0.333. The number of aliphatic hydroxyl groups is 1. The van der Waals surface area contributed by atoms with Crippen LogP contribution in [0.1, 0.15) is 30.5 Å².